The zero-order valence-electron chi connectivity index (χ0n) is 5.89. The molecule has 0 rings (SSSR count). The molecule has 0 aliphatic rings. The molecule has 83 valence electrons. The topological polar surface area (TPSA) is 55.8 Å². The van der Waals surface area contributed by atoms with Crippen LogP contribution in [0.2, 0.25) is 0 Å². The van der Waals surface area contributed by atoms with Crippen LogP contribution in [0.4, 0.5) is 18.6 Å². The van der Waals surface area contributed by atoms with E-state index in [1.54, 1.807) is 0 Å². The Hall–Kier alpha value is 0.621. The molecular weight excluding hydrogens is 285 g/mol. The second-order valence-corrected chi connectivity index (χ2v) is 10.5. The van der Waals surface area contributed by atoms with Crippen LogP contribution in [-0.4, -0.2) is 15.4 Å². The van der Waals surface area contributed by atoms with Crippen LogP contribution >= 0.6 is 7.82 Å². The molecule has 0 saturated heterocycles. The monoisotopic (exact) mass is 289 g/mol. The van der Waals surface area contributed by atoms with E-state index in [0.717, 1.165) is 0 Å². The van der Waals surface area contributed by atoms with Crippen LogP contribution in [0.1, 0.15) is 0 Å². The minimum atomic E-state index is -13.2. The van der Waals surface area contributed by atoms with Crippen molar-refractivity contribution in [1.82, 2.24) is 0 Å². The van der Waals surface area contributed by atoms with Crippen molar-refractivity contribution in [3.05, 3.63) is 0 Å². The Bertz CT molecular complexity index is 277. The van der Waals surface area contributed by atoms with Gasteiger partial charge in [-0.25, -0.2) is 0 Å². The number of phosphoric acid groups is 1. The van der Waals surface area contributed by atoms with Crippen LogP contribution in [-0.2, 0) is 28.2 Å². The molecule has 1 unspecified atom stereocenters. The van der Waals surface area contributed by atoms with E-state index in [4.69, 9.17) is 4.89 Å². The molecule has 0 amide bonds. The second-order valence-electron chi connectivity index (χ2n) is 2.28. The number of hydrogen-bond donors (Lipinski definition) is 1. The molecule has 0 bridgehead atoms. The maximum atomic E-state index is 11.4. The van der Waals surface area contributed by atoms with Crippen molar-refractivity contribution < 1.29 is 51.7 Å². The molecule has 0 saturated carbocycles. The summed E-state index contributed by atoms with van der Waals surface area (Å²) >= 11 is -13.2. The fourth-order valence-corrected chi connectivity index (χ4v) is 4.62. The summed E-state index contributed by atoms with van der Waals surface area (Å²) in [4.78, 5) is 7.90. The van der Waals surface area contributed by atoms with Gasteiger partial charge in [0.05, 0.1) is 0 Å². The summed E-state index contributed by atoms with van der Waals surface area (Å²) in [5.74, 6) is 0. The molecular formula is H4F6O4PSiTi. The van der Waals surface area contributed by atoms with Crippen molar-refractivity contribution in [1.29, 1.82) is 0 Å². The van der Waals surface area contributed by atoms with Gasteiger partial charge >= 0.3 is 70.0 Å². The molecule has 0 aromatic rings. The molecule has 0 spiro atoms. The Morgan fingerprint density at radius 1 is 1.15 bits per heavy atom. The molecule has 13 heteroatoms. The Kier molecular flexibility index (Phi) is 2.04. The van der Waals surface area contributed by atoms with E-state index in [0.29, 0.717) is 0 Å². The maximum absolute atomic E-state index is 13.2. The summed E-state index contributed by atoms with van der Waals surface area (Å²) in [7, 11) is -6.91. The van der Waals surface area contributed by atoms with E-state index >= 15 is 0 Å². The summed E-state index contributed by atoms with van der Waals surface area (Å²) in [5.41, 5.74) is 0. The van der Waals surface area contributed by atoms with Gasteiger partial charge in [-0.2, -0.15) is 0 Å². The van der Waals surface area contributed by atoms with Crippen LogP contribution in [0.15, 0.2) is 0 Å². The average Bonchev–Trinajstić information content (AvgIpc) is 1.53. The Morgan fingerprint density at radius 2 is 1.46 bits per heavy atom. The molecule has 1 N–H and O–H groups in total. The zero-order chi connectivity index (χ0) is 11.3. The summed E-state index contributed by atoms with van der Waals surface area (Å²) in [6.07, 6.45) is 0. The first-order valence-corrected chi connectivity index (χ1v) is 8.98. The van der Waals surface area contributed by atoms with Gasteiger partial charge < -0.3 is 0 Å². The number of hydrogen-bond acceptors (Lipinski definition) is 3. The molecule has 0 aromatic carbocycles. The molecule has 0 heterocycles. The zero-order valence-corrected chi connectivity index (χ0v) is 10.3. The Labute approximate surface area is 70.5 Å². The van der Waals surface area contributed by atoms with Gasteiger partial charge in [-0.1, -0.05) is 0 Å². The third kappa shape index (κ3) is 8.94. The Balaban J connectivity index is 5.30. The standard InChI is InChI=1S/6FH.H5O4PSi.Ti/c;;;;;;1-5(2,3)4-6;/h6*1H;6H3,(H2,1,2,3);/q;;;;;;;+7/p-7. The summed E-state index contributed by atoms with van der Waals surface area (Å²) in [5, 5.41) is 0. The van der Waals surface area contributed by atoms with Gasteiger partial charge in [0.2, 0.25) is 0 Å². The van der Waals surface area contributed by atoms with Crippen LogP contribution < -0.4 is 0 Å². The van der Waals surface area contributed by atoms with Crippen LogP contribution in [0.5, 0.6) is 0 Å². The molecule has 1 atom stereocenters. The van der Waals surface area contributed by atoms with E-state index in [9.17, 15) is 23.1 Å². The Morgan fingerprint density at radius 3 is 1.54 bits per heavy atom. The first kappa shape index (κ1) is 13.6. The van der Waals surface area contributed by atoms with Gasteiger partial charge in [-0.15, -0.1) is 0 Å². The van der Waals surface area contributed by atoms with Crippen molar-refractivity contribution in [2.75, 3.05) is 0 Å². The summed E-state index contributed by atoms with van der Waals surface area (Å²) < 4.78 is 82.7. The molecule has 13 heavy (non-hydrogen) atoms. The van der Waals surface area contributed by atoms with Crippen molar-refractivity contribution >= 4 is 18.3 Å². The molecule has 0 aliphatic heterocycles. The van der Waals surface area contributed by atoms with Crippen molar-refractivity contribution in [2.45, 2.75) is 0 Å². The van der Waals surface area contributed by atoms with Gasteiger partial charge in [-0.3, -0.25) is 0 Å². The first-order valence-electron chi connectivity index (χ1n) is 2.49. The van der Waals surface area contributed by atoms with E-state index in [-0.39, 0.29) is 0 Å². The average molecular weight is 289 g/mol. The minimum absolute atomic E-state index is 0.805. The molecule has 0 aliphatic carbocycles. The summed E-state index contributed by atoms with van der Waals surface area (Å²) in [6, 6.07) is 0. The van der Waals surface area contributed by atoms with Crippen LogP contribution in [0.3, 0.4) is 0 Å². The quantitative estimate of drug-likeness (QED) is 0.484. The first-order chi connectivity index (χ1) is 4.95. The summed E-state index contributed by atoms with van der Waals surface area (Å²) in [6.45, 7) is 0. The third-order valence-electron chi connectivity index (χ3n) is 0.553. The van der Waals surface area contributed by atoms with E-state index in [1.807, 2.05) is 0 Å². The van der Waals surface area contributed by atoms with Crippen molar-refractivity contribution in [2.24, 2.45) is 0 Å². The number of halogens is 6. The molecule has 0 aromatic heterocycles. The predicted octanol–water partition coefficient (Wildman–Crippen LogP) is 1.38. The van der Waals surface area contributed by atoms with E-state index in [1.165, 1.54) is 3.11 Å². The normalized spacial score (nSPS) is 26.5. The van der Waals surface area contributed by atoms with Gasteiger partial charge in [0.15, 0.2) is 0 Å². The van der Waals surface area contributed by atoms with Crippen LogP contribution in [0.25, 0.3) is 0 Å². The fraction of sp³-hybridized carbons (Fsp3) is 0. The van der Waals surface area contributed by atoms with Crippen molar-refractivity contribution in [3.63, 3.8) is 0 Å². The molecule has 0 radical (unpaired) electrons. The van der Waals surface area contributed by atoms with Gasteiger partial charge in [0.25, 0.3) is 0 Å². The van der Waals surface area contributed by atoms with Crippen molar-refractivity contribution in [3.8, 4) is 0 Å². The second kappa shape index (κ2) is 1.94. The van der Waals surface area contributed by atoms with E-state index < -0.39 is 34.7 Å². The fourth-order valence-electron chi connectivity index (χ4n) is 0.299. The van der Waals surface area contributed by atoms with Gasteiger partial charge in [-0.05, 0) is 0 Å². The molecule has 4 nitrogen and oxygen atoms in total. The molecule has 0 fully saturated rings. The van der Waals surface area contributed by atoms with Crippen LogP contribution in [0, 0.1) is 0 Å². The van der Waals surface area contributed by atoms with Gasteiger partial charge in [0.1, 0.15) is 0 Å². The third-order valence-corrected chi connectivity index (χ3v) is 6.06. The SMILES string of the molecule is O=P(O)(O[SiH3])[O][Ti]([F])([F])([F])([F])([F])[F]. The van der Waals surface area contributed by atoms with Gasteiger partial charge in [0, 0.05) is 0 Å². The number of rotatable bonds is 3. The van der Waals surface area contributed by atoms with E-state index in [2.05, 4.69) is 4.21 Å². The predicted molar refractivity (Wildman–Crippen MR) is 28.6 cm³/mol.